The van der Waals surface area contributed by atoms with Crippen LogP contribution in [0.5, 0.6) is 5.75 Å². The summed E-state index contributed by atoms with van der Waals surface area (Å²) in [5, 5.41) is 9.10. The summed E-state index contributed by atoms with van der Waals surface area (Å²) in [7, 11) is 0. The molecule has 7 nitrogen and oxygen atoms in total. The van der Waals surface area contributed by atoms with E-state index in [0.717, 1.165) is 31.4 Å². The van der Waals surface area contributed by atoms with E-state index in [9.17, 15) is 31.9 Å². The summed E-state index contributed by atoms with van der Waals surface area (Å²) in [5.41, 5.74) is 1.07. The van der Waals surface area contributed by atoms with Gasteiger partial charge in [-0.1, -0.05) is 6.42 Å². The number of anilines is 1. The molecule has 2 aliphatic carbocycles. The second kappa shape index (κ2) is 9.92. The summed E-state index contributed by atoms with van der Waals surface area (Å²) in [6.07, 6.45) is -1.70. The molecule has 11 heteroatoms. The Balaban J connectivity index is 1.52. The minimum atomic E-state index is -4.86. The van der Waals surface area contributed by atoms with Crippen molar-refractivity contribution in [1.29, 1.82) is 0 Å². The number of carboxylic acids is 1. The number of hydrogen-bond donors (Lipinski definition) is 1. The van der Waals surface area contributed by atoms with Gasteiger partial charge < -0.3 is 19.6 Å². The predicted molar refractivity (Wildman–Crippen MR) is 127 cm³/mol. The van der Waals surface area contributed by atoms with Crippen LogP contribution in [0.15, 0.2) is 42.5 Å². The van der Waals surface area contributed by atoms with Gasteiger partial charge in [0, 0.05) is 41.2 Å². The first kappa shape index (κ1) is 26.0. The molecule has 0 unspecified atom stereocenters. The van der Waals surface area contributed by atoms with E-state index in [1.807, 2.05) is 0 Å². The standard InChI is InChI=1S/C27H26F4N2O5/c28-16-6-11-22-20(14-16)25(32(17-7-8-17)23(34)12-13-24(35)36)19-2-1-3-21(19)33(22)26(37)15-4-9-18(10-5-15)38-27(29,30)31/h4-6,9-11,14,17,19,21,25H,1-3,7-8,12-13H2,(H,35,36)/t19-,21+,25+/m0/s1. The highest BCUT2D eigenvalue weighted by atomic mass is 19.4. The van der Waals surface area contributed by atoms with E-state index >= 15 is 0 Å². The molecular weight excluding hydrogens is 508 g/mol. The Morgan fingerprint density at radius 1 is 1.00 bits per heavy atom. The largest absolute Gasteiger partial charge is 0.573 e. The number of alkyl halides is 3. The Morgan fingerprint density at radius 3 is 2.34 bits per heavy atom. The maximum Gasteiger partial charge on any atom is 0.573 e. The van der Waals surface area contributed by atoms with Crippen molar-refractivity contribution in [2.45, 2.75) is 69.4 Å². The highest BCUT2D eigenvalue weighted by Gasteiger charge is 2.51. The number of fused-ring (bicyclic) bond motifs is 2. The second-order valence-electron chi connectivity index (χ2n) is 9.98. The van der Waals surface area contributed by atoms with Gasteiger partial charge >= 0.3 is 12.3 Å². The number of halogens is 4. The van der Waals surface area contributed by atoms with Gasteiger partial charge in [-0.05, 0) is 68.1 Å². The first-order chi connectivity index (χ1) is 18.0. The maximum atomic E-state index is 14.6. The molecule has 3 atom stereocenters. The van der Waals surface area contributed by atoms with Crippen molar-refractivity contribution in [3.05, 3.63) is 59.4 Å². The molecule has 0 saturated heterocycles. The molecule has 1 heterocycles. The Hall–Kier alpha value is -3.63. The molecule has 202 valence electrons. The predicted octanol–water partition coefficient (Wildman–Crippen LogP) is 5.45. The summed E-state index contributed by atoms with van der Waals surface area (Å²) < 4.78 is 56.2. The van der Waals surface area contributed by atoms with Gasteiger partial charge in [-0.25, -0.2) is 4.39 Å². The fourth-order valence-electron chi connectivity index (χ4n) is 5.88. The van der Waals surface area contributed by atoms with Crippen molar-refractivity contribution in [3.63, 3.8) is 0 Å². The number of carbonyl (C=O) groups excluding carboxylic acids is 2. The number of nitrogens with zero attached hydrogens (tertiary/aromatic N) is 2. The van der Waals surface area contributed by atoms with Crippen molar-refractivity contribution in [2.24, 2.45) is 5.92 Å². The highest BCUT2D eigenvalue weighted by molar-refractivity contribution is 6.07. The van der Waals surface area contributed by atoms with Crippen LogP contribution in [0.25, 0.3) is 0 Å². The molecular formula is C27H26F4N2O5. The third kappa shape index (κ3) is 5.19. The van der Waals surface area contributed by atoms with Crippen molar-refractivity contribution >= 4 is 23.5 Å². The van der Waals surface area contributed by atoms with Gasteiger partial charge in [-0.3, -0.25) is 14.4 Å². The first-order valence-electron chi connectivity index (χ1n) is 12.6. The quantitative estimate of drug-likeness (QED) is 0.478. The molecule has 2 aromatic rings. The molecule has 0 bridgehead atoms. The van der Waals surface area contributed by atoms with E-state index < -0.39 is 35.8 Å². The van der Waals surface area contributed by atoms with Crippen LogP contribution in [0, 0.1) is 11.7 Å². The molecule has 1 aliphatic heterocycles. The van der Waals surface area contributed by atoms with Gasteiger partial charge in [0.25, 0.3) is 5.91 Å². The van der Waals surface area contributed by atoms with Gasteiger partial charge in [-0.15, -0.1) is 13.2 Å². The number of aliphatic carboxylic acids is 1. The zero-order valence-corrected chi connectivity index (χ0v) is 20.3. The lowest BCUT2D eigenvalue weighted by molar-refractivity contribution is -0.274. The zero-order valence-electron chi connectivity index (χ0n) is 20.3. The third-order valence-corrected chi connectivity index (χ3v) is 7.47. The summed E-state index contributed by atoms with van der Waals surface area (Å²) in [6.45, 7) is 0. The molecule has 5 rings (SSSR count). The van der Waals surface area contributed by atoms with Crippen LogP contribution in [0.4, 0.5) is 23.2 Å². The number of benzene rings is 2. The number of amides is 2. The molecule has 38 heavy (non-hydrogen) atoms. The Morgan fingerprint density at radius 2 is 1.71 bits per heavy atom. The SMILES string of the molecule is O=C(O)CCC(=O)N(C1CC1)[C@H]1c2cc(F)ccc2N(C(=O)c2ccc(OC(F)(F)F)cc2)[C@@H]2CCC[C@@H]21. The van der Waals surface area contributed by atoms with Crippen molar-refractivity contribution < 1.29 is 41.8 Å². The Labute approximate surface area is 216 Å². The summed E-state index contributed by atoms with van der Waals surface area (Å²) in [5.74, 6) is -3.00. The van der Waals surface area contributed by atoms with Crippen LogP contribution in [-0.2, 0) is 9.59 Å². The molecule has 2 saturated carbocycles. The Kier molecular flexibility index (Phi) is 6.79. The van der Waals surface area contributed by atoms with E-state index in [1.165, 1.54) is 30.3 Å². The lowest BCUT2D eigenvalue weighted by Gasteiger charge is -2.48. The minimum Gasteiger partial charge on any atom is -0.481 e. The summed E-state index contributed by atoms with van der Waals surface area (Å²) in [6, 6.07) is 7.83. The van der Waals surface area contributed by atoms with Crippen LogP contribution in [0.3, 0.4) is 0 Å². The van der Waals surface area contributed by atoms with Crippen LogP contribution in [0.2, 0.25) is 0 Å². The van der Waals surface area contributed by atoms with Crippen LogP contribution in [0.1, 0.15) is 66.9 Å². The average molecular weight is 535 g/mol. The normalized spacial score (nSPS) is 22.4. The monoisotopic (exact) mass is 534 g/mol. The van der Waals surface area contributed by atoms with E-state index in [2.05, 4.69) is 4.74 Å². The molecule has 3 aliphatic rings. The van der Waals surface area contributed by atoms with E-state index in [4.69, 9.17) is 5.11 Å². The van der Waals surface area contributed by atoms with Gasteiger partial charge in [0.05, 0.1) is 12.5 Å². The van der Waals surface area contributed by atoms with Crippen molar-refractivity contribution in [2.75, 3.05) is 4.90 Å². The van der Waals surface area contributed by atoms with Gasteiger partial charge in [0.15, 0.2) is 0 Å². The molecule has 1 N–H and O–H groups in total. The lowest BCUT2D eigenvalue weighted by atomic mass is 9.81. The number of hydrogen-bond acceptors (Lipinski definition) is 4. The molecule has 0 spiro atoms. The topological polar surface area (TPSA) is 87.2 Å². The first-order valence-corrected chi connectivity index (χ1v) is 12.6. The third-order valence-electron chi connectivity index (χ3n) is 7.47. The minimum absolute atomic E-state index is 0.0675. The van der Waals surface area contributed by atoms with Crippen molar-refractivity contribution in [1.82, 2.24) is 4.90 Å². The van der Waals surface area contributed by atoms with Crippen LogP contribution in [-0.4, -0.2) is 46.2 Å². The van der Waals surface area contributed by atoms with E-state index in [0.29, 0.717) is 24.1 Å². The number of ether oxygens (including phenoxy) is 1. The summed E-state index contributed by atoms with van der Waals surface area (Å²) in [4.78, 5) is 41.4. The maximum absolute atomic E-state index is 14.6. The Bertz CT molecular complexity index is 1250. The average Bonchev–Trinajstić information content (AvgIpc) is 3.57. The molecule has 2 aromatic carbocycles. The van der Waals surface area contributed by atoms with Crippen molar-refractivity contribution in [3.8, 4) is 5.75 Å². The molecule has 0 aromatic heterocycles. The number of carbonyl (C=O) groups is 3. The van der Waals surface area contributed by atoms with Gasteiger partial charge in [-0.2, -0.15) is 0 Å². The van der Waals surface area contributed by atoms with Crippen LogP contribution >= 0.6 is 0 Å². The second-order valence-corrected chi connectivity index (χ2v) is 9.98. The van der Waals surface area contributed by atoms with E-state index in [-0.39, 0.29) is 42.3 Å². The van der Waals surface area contributed by atoms with Gasteiger partial charge in [0.1, 0.15) is 11.6 Å². The number of rotatable bonds is 7. The molecule has 0 radical (unpaired) electrons. The fourth-order valence-corrected chi connectivity index (χ4v) is 5.88. The lowest BCUT2D eigenvalue weighted by Crippen LogP contribution is -2.53. The number of carboxylic acid groups (broad SMARTS) is 1. The summed E-state index contributed by atoms with van der Waals surface area (Å²) >= 11 is 0. The van der Waals surface area contributed by atoms with Crippen LogP contribution < -0.4 is 9.64 Å². The molecule has 2 amide bonds. The van der Waals surface area contributed by atoms with E-state index in [1.54, 1.807) is 9.80 Å². The van der Waals surface area contributed by atoms with Gasteiger partial charge in [0.2, 0.25) is 5.91 Å². The zero-order chi connectivity index (χ0) is 27.2. The smallest absolute Gasteiger partial charge is 0.481 e. The highest BCUT2D eigenvalue weighted by Crippen LogP contribution is 2.53. The molecule has 2 fully saturated rings. The fraction of sp³-hybridized carbons (Fsp3) is 0.444.